The zero-order valence-corrected chi connectivity index (χ0v) is 19.5. The Balaban J connectivity index is 1.57. The van der Waals surface area contributed by atoms with Gasteiger partial charge in [0, 0.05) is 44.1 Å². The van der Waals surface area contributed by atoms with E-state index in [0.29, 0.717) is 31.0 Å². The fourth-order valence-electron chi connectivity index (χ4n) is 3.78. The first kappa shape index (κ1) is 24.1. The molecule has 2 amide bonds. The van der Waals surface area contributed by atoms with Crippen molar-refractivity contribution in [3.63, 3.8) is 0 Å². The van der Waals surface area contributed by atoms with Crippen molar-refractivity contribution in [1.29, 1.82) is 0 Å². The lowest BCUT2D eigenvalue weighted by Crippen LogP contribution is -2.45. The summed E-state index contributed by atoms with van der Waals surface area (Å²) in [5, 5.41) is 5.33. The maximum absolute atomic E-state index is 14.2. The van der Waals surface area contributed by atoms with E-state index < -0.39 is 21.9 Å². The summed E-state index contributed by atoms with van der Waals surface area (Å²) in [5.74, 6) is -0.338. The van der Waals surface area contributed by atoms with Crippen molar-refractivity contribution in [2.45, 2.75) is 39.3 Å². The largest absolute Gasteiger partial charge is 0.323 e. The molecule has 0 saturated carbocycles. The molecular weight excluding hydrogens is 433 g/mol. The zero-order valence-electron chi connectivity index (χ0n) is 18.6. The van der Waals surface area contributed by atoms with Crippen LogP contribution in [-0.2, 0) is 16.6 Å². The summed E-state index contributed by atoms with van der Waals surface area (Å²) in [6.45, 7) is 5.45. The minimum atomic E-state index is -3.21. The number of piperidine rings is 1. The van der Waals surface area contributed by atoms with Gasteiger partial charge in [0.05, 0.1) is 17.6 Å². The SMILES string of the molecule is CCS(=O)(=O)N(C)C1CCN(Cc2cc(F)cc(NC(=O)Nc3ccc(C)nc3)c2)CC1. The van der Waals surface area contributed by atoms with Crippen LogP contribution >= 0.6 is 0 Å². The fourth-order valence-corrected chi connectivity index (χ4v) is 4.85. The molecule has 0 spiro atoms. The van der Waals surface area contributed by atoms with Crippen molar-refractivity contribution in [2.24, 2.45) is 0 Å². The molecular formula is C22H30FN5O3S. The highest BCUT2D eigenvalue weighted by Gasteiger charge is 2.28. The molecule has 0 aliphatic carbocycles. The Kier molecular flexibility index (Phi) is 7.81. The van der Waals surface area contributed by atoms with Crippen LogP contribution in [0, 0.1) is 12.7 Å². The quantitative estimate of drug-likeness (QED) is 0.656. The van der Waals surface area contributed by atoms with E-state index in [9.17, 15) is 17.6 Å². The summed E-state index contributed by atoms with van der Waals surface area (Å²) in [5.41, 5.74) is 2.49. The molecule has 0 atom stereocenters. The average molecular weight is 464 g/mol. The number of likely N-dealkylation sites (tertiary alicyclic amines) is 1. The van der Waals surface area contributed by atoms with Gasteiger partial charge in [0.15, 0.2) is 0 Å². The van der Waals surface area contributed by atoms with Crippen molar-refractivity contribution in [3.05, 3.63) is 53.6 Å². The molecule has 0 unspecified atom stereocenters. The zero-order chi connectivity index (χ0) is 23.3. The minimum Gasteiger partial charge on any atom is -0.308 e. The molecule has 2 heterocycles. The number of benzene rings is 1. The average Bonchev–Trinajstić information content (AvgIpc) is 2.75. The van der Waals surface area contributed by atoms with Gasteiger partial charge in [0.25, 0.3) is 0 Å². The molecule has 10 heteroatoms. The Morgan fingerprint density at radius 2 is 1.88 bits per heavy atom. The number of anilines is 2. The van der Waals surface area contributed by atoms with Crippen LogP contribution in [0.15, 0.2) is 36.5 Å². The number of carbonyl (C=O) groups is 1. The second-order valence-electron chi connectivity index (χ2n) is 8.04. The molecule has 2 aromatic rings. The molecule has 3 rings (SSSR count). The van der Waals surface area contributed by atoms with Crippen molar-refractivity contribution in [3.8, 4) is 0 Å². The Labute approximate surface area is 188 Å². The highest BCUT2D eigenvalue weighted by Crippen LogP contribution is 2.22. The third-order valence-corrected chi connectivity index (χ3v) is 7.57. The summed E-state index contributed by atoms with van der Waals surface area (Å²) in [6.07, 6.45) is 3.00. The highest BCUT2D eigenvalue weighted by atomic mass is 32.2. The van der Waals surface area contributed by atoms with E-state index >= 15 is 0 Å². The maximum Gasteiger partial charge on any atom is 0.323 e. The van der Waals surface area contributed by atoms with Crippen LogP contribution in [0.2, 0.25) is 0 Å². The maximum atomic E-state index is 14.2. The molecule has 8 nitrogen and oxygen atoms in total. The number of amides is 2. The van der Waals surface area contributed by atoms with E-state index in [-0.39, 0.29) is 11.8 Å². The second kappa shape index (κ2) is 10.4. The molecule has 1 saturated heterocycles. The molecule has 174 valence electrons. The van der Waals surface area contributed by atoms with Crippen LogP contribution in [0.3, 0.4) is 0 Å². The lowest BCUT2D eigenvalue weighted by atomic mass is 10.0. The molecule has 0 bridgehead atoms. The van der Waals surface area contributed by atoms with Crippen molar-refractivity contribution in [2.75, 3.05) is 36.5 Å². The van der Waals surface area contributed by atoms with E-state index in [0.717, 1.165) is 24.1 Å². The number of urea groups is 1. The second-order valence-corrected chi connectivity index (χ2v) is 10.4. The van der Waals surface area contributed by atoms with Crippen molar-refractivity contribution >= 4 is 27.4 Å². The minimum absolute atomic E-state index is 0.0131. The monoisotopic (exact) mass is 463 g/mol. The summed E-state index contributed by atoms with van der Waals surface area (Å²) >= 11 is 0. The van der Waals surface area contributed by atoms with Gasteiger partial charge < -0.3 is 10.6 Å². The van der Waals surface area contributed by atoms with Crippen LogP contribution in [0.4, 0.5) is 20.6 Å². The number of aryl methyl sites for hydroxylation is 1. The van der Waals surface area contributed by atoms with E-state index in [4.69, 9.17) is 0 Å². The van der Waals surface area contributed by atoms with Gasteiger partial charge in [-0.2, -0.15) is 0 Å². The number of aromatic nitrogens is 1. The summed E-state index contributed by atoms with van der Waals surface area (Å²) in [7, 11) is -1.57. The lowest BCUT2D eigenvalue weighted by molar-refractivity contribution is 0.164. The number of hydrogen-bond acceptors (Lipinski definition) is 5. The van der Waals surface area contributed by atoms with Gasteiger partial charge in [0.1, 0.15) is 5.82 Å². The fraction of sp³-hybridized carbons (Fsp3) is 0.455. The first-order valence-electron chi connectivity index (χ1n) is 10.6. The standard InChI is InChI=1S/C22H30FN5O3S/c1-4-32(30,31)27(3)21-7-9-28(10-8-21)15-17-11-18(23)13-20(12-17)26-22(29)25-19-6-5-16(2)24-14-19/h5-6,11-14,21H,4,7-10,15H2,1-3H3,(H2,25,26,29). The van der Waals surface area contributed by atoms with Gasteiger partial charge in [-0.05, 0) is 62.6 Å². The van der Waals surface area contributed by atoms with E-state index in [2.05, 4.69) is 20.5 Å². The first-order valence-corrected chi connectivity index (χ1v) is 12.3. The lowest BCUT2D eigenvalue weighted by Gasteiger charge is -2.36. The molecule has 0 radical (unpaired) electrons. The van der Waals surface area contributed by atoms with Gasteiger partial charge in [-0.25, -0.2) is 21.9 Å². The van der Waals surface area contributed by atoms with E-state index in [1.165, 1.54) is 16.4 Å². The third kappa shape index (κ3) is 6.47. The number of sulfonamides is 1. The Morgan fingerprint density at radius 3 is 2.50 bits per heavy atom. The number of pyridine rings is 1. The normalized spacial score (nSPS) is 15.7. The van der Waals surface area contributed by atoms with Gasteiger partial charge in [-0.3, -0.25) is 9.88 Å². The Morgan fingerprint density at radius 1 is 1.19 bits per heavy atom. The molecule has 1 aliphatic rings. The van der Waals surface area contributed by atoms with E-state index in [1.807, 2.05) is 6.92 Å². The third-order valence-electron chi connectivity index (χ3n) is 5.67. The number of nitrogens with one attached hydrogen (secondary N) is 2. The number of rotatable bonds is 7. The highest BCUT2D eigenvalue weighted by molar-refractivity contribution is 7.89. The number of nitrogens with zero attached hydrogens (tertiary/aromatic N) is 3. The molecule has 1 aromatic heterocycles. The van der Waals surface area contributed by atoms with Crippen molar-refractivity contribution < 1.29 is 17.6 Å². The topological polar surface area (TPSA) is 94.6 Å². The van der Waals surface area contributed by atoms with Crippen LogP contribution in [0.1, 0.15) is 31.0 Å². The van der Waals surface area contributed by atoms with Crippen LogP contribution in [-0.4, -0.2) is 60.6 Å². The summed E-state index contributed by atoms with van der Waals surface area (Å²) in [4.78, 5) is 18.5. The number of halogens is 1. The molecule has 1 aromatic carbocycles. The van der Waals surface area contributed by atoms with Crippen molar-refractivity contribution in [1.82, 2.24) is 14.2 Å². The smallest absolute Gasteiger partial charge is 0.308 e. The van der Waals surface area contributed by atoms with Crippen LogP contribution in [0.25, 0.3) is 0 Å². The first-order chi connectivity index (χ1) is 15.2. The molecule has 1 aliphatic heterocycles. The number of carbonyl (C=O) groups excluding carboxylic acids is 1. The molecule has 1 fully saturated rings. The Hall–Kier alpha value is -2.56. The van der Waals surface area contributed by atoms with E-state index in [1.54, 1.807) is 38.4 Å². The van der Waals surface area contributed by atoms with Gasteiger partial charge in [0.2, 0.25) is 10.0 Å². The van der Waals surface area contributed by atoms with Crippen LogP contribution in [0.5, 0.6) is 0 Å². The van der Waals surface area contributed by atoms with Crippen LogP contribution < -0.4 is 10.6 Å². The number of hydrogen-bond donors (Lipinski definition) is 2. The van der Waals surface area contributed by atoms with Gasteiger partial charge in [-0.1, -0.05) is 0 Å². The summed E-state index contributed by atoms with van der Waals surface area (Å²) in [6, 6.07) is 7.50. The molecule has 32 heavy (non-hydrogen) atoms. The summed E-state index contributed by atoms with van der Waals surface area (Å²) < 4.78 is 39.8. The predicted molar refractivity (Wildman–Crippen MR) is 124 cm³/mol. The Bertz CT molecular complexity index is 1040. The van der Waals surface area contributed by atoms with Gasteiger partial charge >= 0.3 is 6.03 Å². The molecule has 2 N–H and O–H groups in total. The predicted octanol–water partition coefficient (Wildman–Crippen LogP) is 3.42. The van der Waals surface area contributed by atoms with Gasteiger partial charge in [-0.15, -0.1) is 0 Å².